The van der Waals surface area contributed by atoms with Crippen molar-refractivity contribution in [2.24, 2.45) is 5.73 Å². The number of nitrogens with two attached hydrogens (primary N) is 1. The molecule has 0 radical (unpaired) electrons. The van der Waals surface area contributed by atoms with Gasteiger partial charge in [-0.05, 0) is 39.2 Å². The molecule has 0 saturated carbocycles. The molecule has 0 aromatic heterocycles. The van der Waals surface area contributed by atoms with E-state index in [0.29, 0.717) is 6.04 Å². The fourth-order valence-electron chi connectivity index (χ4n) is 1.63. The molecule has 3 N–H and O–H groups in total. The van der Waals surface area contributed by atoms with Crippen molar-refractivity contribution in [3.63, 3.8) is 0 Å². The summed E-state index contributed by atoms with van der Waals surface area (Å²) < 4.78 is 0. The molecule has 1 heterocycles. The number of hydrogen-bond acceptors (Lipinski definition) is 2. The van der Waals surface area contributed by atoms with Crippen LogP contribution >= 0.6 is 0 Å². The molecule has 1 saturated heterocycles. The van der Waals surface area contributed by atoms with Gasteiger partial charge in [-0.1, -0.05) is 6.42 Å². The van der Waals surface area contributed by atoms with Crippen LogP contribution in [0.5, 0.6) is 0 Å². The number of nitrogens with one attached hydrogen (secondary N) is 1. The first-order chi connectivity index (χ1) is 5.29. The molecule has 0 aromatic rings. The van der Waals surface area contributed by atoms with Gasteiger partial charge in [0, 0.05) is 12.1 Å². The summed E-state index contributed by atoms with van der Waals surface area (Å²) in [6.07, 6.45) is 6.54. The summed E-state index contributed by atoms with van der Waals surface area (Å²) in [4.78, 5) is 0. The first-order valence-electron chi connectivity index (χ1n) is 4.78. The first kappa shape index (κ1) is 9.01. The van der Waals surface area contributed by atoms with Gasteiger partial charge in [0.1, 0.15) is 0 Å². The zero-order valence-electron chi connectivity index (χ0n) is 7.47. The van der Waals surface area contributed by atoms with E-state index in [1.165, 1.54) is 32.2 Å². The van der Waals surface area contributed by atoms with E-state index in [1.54, 1.807) is 0 Å². The Morgan fingerprint density at radius 2 is 2.36 bits per heavy atom. The third-order valence-corrected chi connectivity index (χ3v) is 2.38. The molecule has 1 aliphatic heterocycles. The summed E-state index contributed by atoms with van der Waals surface area (Å²) in [5.41, 5.74) is 5.68. The summed E-state index contributed by atoms with van der Waals surface area (Å²) >= 11 is 0. The minimum atomic E-state index is 0.374. The van der Waals surface area contributed by atoms with Crippen molar-refractivity contribution >= 4 is 0 Å². The van der Waals surface area contributed by atoms with Crippen LogP contribution in [-0.2, 0) is 0 Å². The standard InChI is InChI=1S/C9H20N2/c1-8(10)5-6-9-4-2-3-7-11-9/h8-9,11H,2-7,10H2,1H3. The smallest absolute Gasteiger partial charge is 0.00676 e. The van der Waals surface area contributed by atoms with E-state index in [0.717, 1.165) is 12.5 Å². The van der Waals surface area contributed by atoms with E-state index in [1.807, 2.05) is 0 Å². The van der Waals surface area contributed by atoms with Crippen molar-refractivity contribution in [2.75, 3.05) is 6.54 Å². The Morgan fingerprint density at radius 3 is 2.91 bits per heavy atom. The SMILES string of the molecule is CC(N)CCC1CCCCN1. The fraction of sp³-hybridized carbons (Fsp3) is 1.00. The van der Waals surface area contributed by atoms with Crippen molar-refractivity contribution in [1.82, 2.24) is 5.32 Å². The zero-order chi connectivity index (χ0) is 8.10. The molecule has 1 fully saturated rings. The van der Waals surface area contributed by atoms with E-state index in [-0.39, 0.29) is 0 Å². The summed E-state index contributed by atoms with van der Waals surface area (Å²) in [5, 5.41) is 3.52. The van der Waals surface area contributed by atoms with E-state index < -0.39 is 0 Å². The lowest BCUT2D eigenvalue weighted by Crippen LogP contribution is -2.35. The average Bonchev–Trinajstić information content (AvgIpc) is 2.03. The van der Waals surface area contributed by atoms with Crippen molar-refractivity contribution < 1.29 is 0 Å². The molecule has 2 nitrogen and oxygen atoms in total. The molecule has 2 unspecified atom stereocenters. The quantitative estimate of drug-likeness (QED) is 0.645. The molecule has 2 atom stereocenters. The molecular weight excluding hydrogens is 136 g/mol. The second kappa shape index (κ2) is 4.73. The molecule has 11 heavy (non-hydrogen) atoms. The minimum Gasteiger partial charge on any atom is -0.328 e. The maximum Gasteiger partial charge on any atom is 0.00676 e. The molecule has 2 heteroatoms. The molecule has 0 aliphatic carbocycles. The van der Waals surface area contributed by atoms with E-state index in [4.69, 9.17) is 5.73 Å². The topological polar surface area (TPSA) is 38.0 Å². The van der Waals surface area contributed by atoms with Gasteiger partial charge < -0.3 is 11.1 Å². The largest absolute Gasteiger partial charge is 0.328 e. The van der Waals surface area contributed by atoms with Crippen molar-refractivity contribution in [3.8, 4) is 0 Å². The highest BCUT2D eigenvalue weighted by atomic mass is 14.9. The van der Waals surface area contributed by atoms with Crippen LogP contribution in [-0.4, -0.2) is 18.6 Å². The number of rotatable bonds is 3. The van der Waals surface area contributed by atoms with Gasteiger partial charge in [-0.25, -0.2) is 0 Å². The fourth-order valence-corrected chi connectivity index (χ4v) is 1.63. The van der Waals surface area contributed by atoms with Gasteiger partial charge in [-0.2, -0.15) is 0 Å². The van der Waals surface area contributed by atoms with Crippen LogP contribution in [0.2, 0.25) is 0 Å². The first-order valence-corrected chi connectivity index (χ1v) is 4.78. The second-order valence-electron chi connectivity index (χ2n) is 3.70. The highest BCUT2D eigenvalue weighted by Gasteiger charge is 2.11. The molecule has 1 rings (SSSR count). The Hall–Kier alpha value is -0.0800. The number of hydrogen-bond donors (Lipinski definition) is 2. The zero-order valence-corrected chi connectivity index (χ0v) is 7.47. The van der Waals surface area contributed by atoms with Gasteiger partial charge in [-0.3, -0.25) is 0 Å². The highest BCUT2D eigenvalue weighted by molar-refractivity contribution is 4.73. The maximum atomic E-state index is 5.68. The van der Waals surface area contributed by atoms with Gasteiger partial charge in [0.25, 0.3) is 0 Å². The Balaban J connectivity index is 2.05. The summed E-state index contributed by atoms with van der Waals surface area (Å²) in [6, 6.07) is 1.13. The lowest BCUT2D eigenvalue weighted by molar-refractivity contribution is 0.368. The predicted octanol–water partition coefficient (Wildman–Crippen LogP) is 1.26. The van der Waals surface area contributed by atoms with Crippen molar-refractivity contribution in [2.45, 2.75) is 51.1 Å². The molecular formula is C9H20N2. The molecule has 66 valence electrons. The Bertz CT molecular complexity index is 95.7. The molecule has 0 bridgehead atoms. The van der Waals surface area contributed by atoms with Gasteiger partial charge in [0.05, 0.1) is 0 Å². The van der Waals surface area contributed by atoms with Crippen LogP contribution in [0.15, 0.2) is 0 Å². The van der Waals surface area contributed by atoms with Crippen LogP contribution in [0, 0.1) is 0 Å². The van der Waals surface area contributed by atoms with Gasteiger partial charge in [-0.15, -0.1) is 0 Å². The predicted molar refractivity (Wildman–Crippen MR) is 48.5 cm³/mol. The van der Waals surface area contributed by atoms with Gasteiger partial charge in [0.2, 0.25) is 0 Å². The third kappa shape index (κ3) is 3.73. The van der Waals surface area contributed by atoms with Crippen molar-refractivity contribution in [3.05, 3.63) is 0 Å². The van der Waals surface area contributed by atoms with E-state index >= 15 is 0 Å². The van der Waals surface area contributed by atoms with Gasteiger partial charge in [0.15, 0.2) is 0 Å². The summed E-state index contributed by atoms with van der Waals surface area (Å²) in [5.74, 6) is 0. The lowest BCUT2D eigenvalue weighted by Gasteiger charge is -2.23. The Morgan fingerprint density at radius 1 is 1.55 bits per heavy atom. The Kier molecular flexibility index (Phi) is 3.87. The highest BCUT2D eigenvalue weighted by Crippen LogP contribution is 2.11. The van der Waals surface area contributed by atoms with Gasteiger partial charge >= 0.3 is 0 Å². The molecule has 1 aliphatic rings. The second-order valence-corrected chi connectivity index (χ2v) is 3.70. The van der Waals surface area contributed by atoms with Crippen LogP contribution < -0.4 is 11.1 Å². The molecule has 0 spiro atoms. The minimum absolute atomic E-state index is 0.374. The number of piperidine rings is 1. The van der Waals surface area contributed by atoms with E-state index in [9.17, 15) is 0 Å². The lowest BCUT2D eigenvalue weighted by atomic mass is 9.99. The Labute approximate surface area is 69.5 Å². The van der Waals surface area contributed by atoms with Crippen LogP contribution in [0.4, 0.5) is 0 Å². The third-order valence-electron chi connectivity index (χ3n) is 2.38. The normalized spacial score (nSPS) is 28.4. The van der Waals surface area contributed by atoms with Crippen molar-refractivity contribution in [1.29, 1.82) is 0 Å². The van der Waals surface area contributed by atoms with Crippen LogP contribution in [0.3, 0.4) is 0 Å². The summed E-state index contributed by atoms with van der Waals surface area (Å²) in [7, 11) is 0. The van der Waals surface area contributed by atoms with E-state index in [2.05, 4.69) is 12.2 Å². The van der Waals surface area contributed by atoms with Crippen LogP contribution in [0.1, 0.15) is 39.0 Å². The average molecular weight is 156 g/mol. The summed E-state index contributed by atoms with van der Waals surface area (Å²) in [6.45, 7) is 3.30. The molecule has 0 aromatic carbocycles. The molecule has 0 amide bonds. The van der Waals surface area contributed by atoms with Crippen LogP contribution in [0.25, 0.3) is 0 Å². The maximum absolute atomic E-state index is 5.68. The monoisotopic (exact) mass is 156 g/mol.